The van der Waals surface area contributed by atoms with Gasteiger partial charge >= 0.3 is 0 Å². The van der Waals surface area contributed by atoms with E-state index in [1.54, 1.807) is 36.9 Å². The number of sulfonamides is 1. The number of aryl methyl sites for hydroxylation is 2. The Morgan fingerprint density at radius 2 is 1.67 bits per heavy atom. The van der Waals surface area contributed by atoms with Crippen LogP contribution in [0.3, 0.4) is 0 Å². The monoisotopic (exact) mass is 466 g/mol. The van der Waals surface area contributed by atoms with Gasteiger partial charge in [0.05, 0.1) is 5.39 Å². The number of carbonyl (C=O) groups excluding carboxylic acids is 1. The van der Waals surface area contributed by atoms with E-state index in [0.717, 1.165) is 10.9 Å². The molecule has 0 saturated carbocycles. The Hall–Kier alpha value is -3.50. The molecule has 1 fully saturated rings. The number of aromatic nitrogens is 2. The lowest BCUT2D eigenvalue weighted by molar-refractivity contribution is 0.0698. The predicted molar refractivity (Wildman–Crippen MR) is 120 cm³/mol. The molecule has 2 aromatic heterocycles. The molecule has 0 unspecified atom stereocenters. The molecule has 3 heterocycles. The number of nitrogens with zero attached hydrogens (tertiary/aromatic N) is 4. The van der Waals surface area contributed by atoms with Gasteiger partial charge < -0.3 is 13.9 Å². The molecule has 0 spiro atoms. The van der Waals surface area contributed by atoms with Crippen molar-refractivity contribution in [2.75, 3.05) is 26.2 Å². The van der Waals surface area contributed by atoms with Gasteiger partial charge in [-0.1, -0.05) is 40.6 Å². The fourth-order valence-corrected chi connectivity index (χ4v) is 5.87. The number of hydrogen-bond donors (Lipinski definition) is 0. The van der Waals surface area contributed by atoms with Crippen molar-refractivity contribution in [2.45, 2.75) is 18.7 Å². The minimum absolute atomic E-state index is 0.105. The first-order valence-corrected chi connectivity index (χ1v) is 12.0. The highest BCUT2D eigenvalue weighted by Crippen LogP contribution is 2.30. The molecule has 4 aromatic rings. The minimum atomic E-state index is -3.73. The number of fused-ring (bicyclic) bond motifs is 1. The second-order valence-electron chi connectivity index (χ2n) is 7.96. The van der Waals surface area contributed by atoms with Gasteiger partial charge in [0.25, 0.3) is 5.91 Å². The van der Waals surface area contributed by atoms with Gasteiger partial charge in [-0.25, -0.2) is 8.42 Å². The van der Waals surface area contributed by atoms with E-state index in [9.17, 15) is 13.2 Å². The Morgan fingerprint density at radius 3 is 2.33 bits per heavy atom. The second-order valence-corrected chi connectivity index (χ2v) is 9.83. The van der Waals surface area contributed by atoms with Crippen LogP contribution in [0.1, 0.15) is 21.8 Å². The topological polar surface area (TPSA) is 110 Å². The van der Waals surface area contributed by atoms with Gasteiger partial charge in [-0.15, -0.1) is 0 Å². The van der Waals surface area contributed by atoms with Crippen LogP contribution in [0.25, 0.3) is 22.2 Å². The SMILES string of the molecule is Cc1noc(C)c1S(=O)(=O)N1CCN(C(=O)c2ccc3noc(-c4ccccc4)c3c2)CC1. The van der Waals surface area contributed by atoms with Gasteiger partial charge in [0.2, 0.25) is 10.0 Å². The van der Waals surface area contributed by atoms with E-state index in [2.05, 4.69) is 10.3 Å². The van der Waals surface area contributed by atoms with Crippen molar-refractivity contribution in [2.24, 2.45) is 0 Å². The standard InChI is InChI=1S/C23H22N4O5S/c1-15-22(16(2)31-24-15)33(29,30)27-12-10-26(11-13-27)23(28)18-8-9-20-19(14-18)21(32-25-20)17-6-4-3-5-7-17/h3-9,14H,10-13H2,1-2H3. The van der Waals surface area contributed by atoms with Crippen LogP contribution in [0.15, 0.2) is 62.5 Å². The zero-order valence-electron chi connectivity index (χ0n) is 18.2. The normalized spacial score (nSPS) is 15.3. The number of rotatable bonds is 4. The number of hydrogen-bond acceptors (Lipinski definition) is 7. The van der Waals surface area contributed by atoms with Crippen LogP contribution < -0.4 is 0 Å². The van der Waals surface area contributed by atoms with Crippen molar-refractivity contribution < 1.29 is 22.3 Å². The number of amides is 1. The Bertz CT molecular complexity index is 1410. The van der Waals surface area contributed by atoms with E-state index >= 15 is 0 Å². The zero-order valence-corrected chi connectivity index (χ0v) is 19.0. The molecule has 9 nitrogen and oxygen atoms in total. The molecule has 1 aliphatic heterocycles. The fraction of sp³-hybridized carbons (Fsp3) is 0.261. The lowest BCUT2D eigenvalue weighted by Gasteiger charge is -2.34. The molecule has 0 bridgehead atoms. The van der Waals surface area contributed by atoms with Gasteiger partial charge in [0.1, 0.15) is 16.1 Å². The third kappa shape index (κ3) is 3.70. The summed E-state index contributed by atoms with van der Waals surface area (Å²) in [5.74, 6) is 0.712. The number of carbonyl (C=O) groups is 1. The Labute approximate surface area is 190 Å². The van der Waals surface area contributed by atoms with Crippen molar-refractivity contribution >= 4 is 26.8 Å². The van der Waals surface area contributed by atoms with E-state index in [0.29, 0.717) is 22.5 Å². The fourth-order valence-electron chi connectivity index (χ4n) is 4.16. The van der Waals surface area contributed by atoms with E-state index in [-0.39, 0.29) is 42.7 Å². The quantitative estimate of drug-likeness (QED) is 0.454. The average Bonchev–Trinajstić information content (AvgIpc) is 3.41. The first-order chi connectivity index (χ1) is 15.9. The molecule has 0 N–H and O–H groups in total. The molecule has 5 rings (SSSR count). The van der Waals surface area contributed by atoms with Gasteiger partial charge in [0, 0.05) is 37.3 Å². The van der Waals surface area contributed by atoms with Gasteiger partial charge in [-0.3, -0.25) is 4.79 Å². The highest BCUT2D eigenvalue weighted by Gasteiger charge is 2.34. The summed E-state index contributed by atoms with van der Waals surface area (Å²) in [5, 5.41) is 8.60. The molecule has 1 saturated heterocycles. The highest BCUT2D eigenvalue weighted by molar-refractivity contribution is 7.89. The molecule has 1 aliphatic rings. The van der Waals surface area contributed by atoms with Gasteiger partial charge in [-0.2, -0.15) is 4.31 Å². The van der Waals surface area contributed by atoms with Crippen LogP contribution in [0, 0.1) is 13.8 Å². The van der Waals surface area contributed by atoms with Crippen LogP contribution in [0.2, 0.25) is 0 Å². The van der Waals surface area contributed by atoms with Crippen molar-refractivity contribution in [1.29, 1.82) is 0 Å². The first-order valence-electron chi connectivity index (χ1n) is 10.5. The summed E-state index contributed by atoms with van der Waals surface area (Å²) in [4.78, 5) is 15.0. The molecule has 0 aliphatic carbocycles. The summed E-state index contributed by atoms with van der Waals surface area (Å²) >= 11 is 0. The average molecular weight is 467 g/mol. The van der Waals surface area contributed by atoms with E-state index < -0.39 is 10.0 Å². The van der Waals surface area contributed by atoms with E-state index in [1.807, 2.05) is 30.3 Å². The summed E-state index contributed by atoms with van der Waals surface area (Å²) in [6, 6.07) is 14.8. The zero-order chi connectivity index (χ0) is 23.2. The maximum absolute atomic E-state index is 13.2. The van der Waals surface area contributed by atoms with Crippen molar-refractivity contribution in [1.82, 2.24) is 19.5 Å². The summed E-state index contributed by atoms with van der Waals surface area (Å²) < 4.78 is 38.0. The minimum Gasteiger partial charge on any atom is -0.360 e. The predicted octanol–water partition coefficient (Wildman–Crippen LogP) is 3.25. The van der Waals surface area contributed by atoms with Crippen LogP contribution in [0.4, 0.5) is 0 Å². The largest absolute Gasteiger partial charge is 0.360 e. The summed E-state index contributed by atoms with van der Waals surface area (Å²) in [5.41, 5.74) is 2.38. The Kier molecular flexibility index (Phi) is 5.26. The molecule has 0 radical (unpaired) electrons. The first kappa shape index (κ1) is 21.4. The summed E-state index contributed by atoms with van der Waals surface area (Å²) in [6.45, 7) is 4.15. The molecule has 10 heteroatoms. The lowest BCUT2D eigenvalue weighted by atomic mass is 10.1. The van der Waals surface area contributed by atoms with Gasteiger partial charge in [-0.05, 0) is 32.0 Å². The highest BCUT2D eigenvalue weighted by atomic mass is 32.2. The molecular formula is C23H22N4O5S. The third-order valence-electron chi connectivity index (χ3n) is 5.85. The van der Waals surface area contributed by atoms with Crippen LogP contribution in [-0.4, -0.2) is 60.0 Å². The molecule has 2 aromatic carbocycles. The second kappa shape index (κ2) is 8.13. The van der Waals surface area contributed by atoms with Gasteiger partial charge in [0.15, 0.2) is 11.5 Å². The van der Waals surface area contributed by atoms with Crippen LogP contribution >= 0.6 is 0 Å². The van der Waals surface area contributed by atoms with Crippen molar-refractivity contribution in [3.8, 4) is 11.3 Å². The summed E-state index contributed by atoms with van der Waals surface area (Å²) in [7, 11) is -3.73. The molecule has 170 valence electrons. The molecule has 33 heavy (non-hydrogen) atoms. The van der Waals surface area contributed by atoms with E-state index in [1.165, 1.54) is 4.31 Å². The van der Waals surface area contributed by atoms with Crippen LogP contribution in [-0.2, 0) is 10.0 Å². The van der Waals surface area contributed by atoms with Crippen LogP contribution in [0.5, 0.6) is 0 Å². The smallest absolute Gasteiger partial charge is 0.253 e. The number of benzene rings is 2. The molecule has 0 atom stereocenters. The van der Waals surface area contributed by atoms with Crippen molar-refractivity contribution in [3.63, 3.8) is 0 Å². The van der Waals surface area contributed by atoms with Crippen molar-refractivity contribution in [3.05, 3.63) is 65.5 Å². The maximum atomic E-state index is 13.2. The Balaban J connectivity index is 1.35. The van der Waals surface area contributed by atoms with E-state index in [4.69, 9.17) is 9.05 Å². The maximum Gasteiger partial charge on any atom is 0.253 e. The Morgan fingerprint density at radius 1 is 0.939 bits per heavy atom. The number of piperazine rings is 1. The molecule has 1 amide bonds. The summed E-state index contributed by atoms with van der Waals surface area (Å²) in [6.07, 6.45) is 0. The third-order valence-corrected chi connectivity index (χ3v) is 7.99. The lowest BCUT2D eigenvalue weighted by Crippen LogP contribution is -2.50. The molecular weight excluding hydrogens is 444 g/mol.